The molecule has 0 radical (unpaired) electrons. The zero-order chi connectivity index (χ0) is 15.6. The third-order valence-corrected chi connectivity index (χ3v) is 5.11. The summed E-state index contributed by atoms with van der Waals surface area (Å²) in [5.74, 6) is 0.160. The molecule has 1 saturated heterocycles. The van der Waals surface area contributed by atoms with Crippen molar-refractivity contribution in [3.05, 3.63) is 34.4 Å². The summed E-state index contributed by atoms with van der Waals surface area (Å²) in [7, 11) is 0. The summed E-state index contributed by atoms with van der Waals surface area (Å²) < 4.78 is 40.4. The van der Waals surface area contributed by atoms with Crippen LogP contribution in [0.15, 0.2) is 12.1 Å². The maximum atomic E-state index is 13.5. The van der Waals surface area contributed by atoms with Crippen LogP contribution >= 0.6 is 0 Å². The van der Waals surface area contributed by atoms with Gasteiger partial charge < -0.3 is 10.2 Å². The van der Waals surface area contributed by atoms with E-state index in [1.54, 1.807) is 4.90 Å². The fourth-order valence-electron chi connectivity index (χ4n) is 3.78. The lowest BCUT2D eigenvalue weighted by atomic mass is 9.93. The van der Waals surface area contributed by atoms with Gasteiger partial charge in [-0.2, -0.15) is 13.2 Å². The monoisotopic (exact) mass is 310 g/mol. The summed E-state index contributed by atoms with van der Waals surface area (Å²) in [5, 5.41) is 3.17. The number of carbonyl (C=O) groups is 1. The molecule has 0 aromatic heterocycles. The van der Waals surface area contributed by atoms with Crippen molar-refractivity contribution < 1.29 is 18.0 Å². The molecule has 1 aliphatic carbocycles. The van der Waals surface area contributed by atoms with Gasteiger partial charge in [-0.05, 0) is 35.4 Å². The molecule has 4 rings (SSSR count). The first-order chi connectivity index (χ1) is 10.4. The van der Waals surface area contributed by atoms with E-state index in [2.05, 4.69) is 5.32 Å². The number of nitrogens with one attached hydrogen (secondary N) is 1. The number of halogens is 3. The second-order valence-corrected chi connectivity index (χ2v) is 6.57. The van der Waals surface area contributed by atoms with Crippen molar-refractivity contribution in [1.29, 1.82) is 0 Å². The van der Waals surface area contributed by atoms with Crippen LogP contribution in [0.25, 0.3) is 0 Å². The molecule has 2 heterocycles. The molecule has 1 aromatic carbocycles. The Kier molecular flexibility index (Phi) is 2.86. The average Bonchev–Trinajstić information content (AvgIpc) is 3.14. The van der Waals surface area contributed by atoms with Gasteiger partial charge in [0.15, 0.2) is 0 Å². The highest BCUT2D eigenvalue weighted by Crippen LogP contribution is 2.51. The molecular weight excluding hydrogens is 293 g/mol. The molecule has 3 aliphatic rings. The first-order valence-corrected chi connectivity index (χ1v) is 7.64. The van der Waals surface area contributed by atoms with E-state index in [1.807, 2.05) is 13.0 Å². The highest BCUT2D eigenvalue weighted by molar-refractivity contribution is 6.01. The third kappa shape index (κ3) is 1.96. The fraction of sp³-hybridized carbons (Fsp3) is 0.562. The first kappa shape index (κ1) is 14.1. The molecule has 3 atom stereocenters. The second-order valence-electron chi connectivity index (χ2n) is 6.57. The molecule has 1 saturated carbocycles. The average molecular weight is 310 g/mol. The van der Waals surface area contributed by atoms with Crippen molar-refractivity contribution in [2.75, 3.05) is 19.6 Å². The van der Waals surface area contributed by atoms with E-state index in [-0.39, 0.29) is 17.5 Å². The van der Waals surface area contributed by atoms with E-state index < -0.39 is 17.6 Å². The standard InChI is InChI=1S/C16H17F3N2O/c1-8-4-10(8)9-5-11-13-7-20-2-3-21(13)15(22)14(11)12(6-9)16(17,18)19/h5-6,8,10,13,20H,2-4,7H2,1H3/t8-,10-,13-/m0/s1. The van der Waals surface area contributed by atoms with Crippen LogP contribution < -0.4 is 5.32 Å². The van der Waals surface area contributed by atoms with Gasteiger partial charge in [0.1, 0.15) is 0 Å². The molecule has 6 heteroatoms. The van der Waals surface area contributed by atoms with Crippen molar-refractivity contribution >= 4 is 5.91 Å². The molecule has 2 fully saturated rings. The highest BCUT2D eigenvalue weighted by atomic mass is 19.4. The van der Waals surface area contributed by atoms with Crippen LogP contribution in [0.3, 0.4) is 0 Å². The third-order valence-electron chi connectivity index (χ3n) is 5.11. The summed E-state index contributed by atoms with van der Waals surface area (Å²) in [5.41, 5.74) is 0.414. The number of benzene rings is 1. The lowest BCUT2D eigenvalue weighted by molar-refractivity contribution is -0.138. The van der Waals surface area contributed by atoms with Crippen molar-refractivity contribution in [3.63, 3.8) is 0 Å². The molecule has 1 amide bonds. The van der Waals surface area contributed by atoms with Crippen LogP contribution in [0.1, 0.15) is 52.4 Å². The SMILES string of the molecule is C[C@H]1C[C@@H]1c1cc2c(c(C(F)(F)F)c1)C(=O)N1CCNC[C@@H]21. The lowest BCUT2D eigenvalue weighted by Crippen LogP contribution is -2.44. The molecule has 2 aliphatic heterocycles. The van der Waals surface area contributed by atoms with Crippen molar-refractivity contribution in [1.82, 2.24) is 10.2 Å². The minimum atomic E-state index is -4.49. The Labute approximate surface area is 126 Å². The number of hydrogen-bond acceptors (Lipinski definition) is 2. The maximum Gasteiger partial charge on any atom is 0.417 e. The fourth-order valence-corrected chi connectivity index (χ4v) is 3.78. The summed E-state index contributed by atoms with van der Waals surface area (Å²) in [6.07, 6.45) is -3.56. The van der Waals surface area contributed by atoms with E-state index in [1.165, 1.54) is 6.07 Å². The summed E-state index contributed by atoms with van der Waals surface area (Å²) >= 11 is 0. The number of fused-ring (bicyclic) bond motifs is 3. The Bertz CT molecular complexity index is 656. The zero-order valence-corrected chi connectivity index (χ0v) is 12.2. The van der Waals surface area contributed by atoms with E-state index in [0.717, 1.165) is 12.0 Å². The van der Waals surface area contributed by atoms with E-state index in [9.17, 15) is 18.0 Å². The van der Waals surface area contributed by atoms with Gasteiger partial charge in [0, 0.05) is 19.6 Å². The van der Waals surface area contributed by atoms with Crippen LogP contribution in [0.2, 0.25) is 0 Å². The number of amides is 1. The molecule has 1 aromatic rings. The topological polar surface area (TPSA) is 32.3 Å². The second kappa shape index (κ2) is 4.47. The number of rotatable bonds is 1. The minimum Gasteiger partial charge on any atom is -0.329 e. The smallest absolute Gasteiger partial charge is 0.329 e. The summed E-state index contributed by atoms with van der Waals surface area (Å²) in [6, 6.07) is 2.79. The highest BCUT2D eigenvalue weighted by Gasteiger charge is 2.47. The molecule has 118 valence electrons. The molecule has 22 heavy (non-hydrogen) atoms. The summed E-state index contributed by atoms with van der Waals surface area (Å²) in [6.45, 7) is 3.67. The number of alkyl halides is 3. The molecule has 0 unspecified atom stereocenters. The predicted octanol–water partition coefficient (Wildman–Crippen LogP) is 2.93. The van der Waals surface area contributed by atoms with Gasteiger partial charge in [-0.25, -0.2) is 0 Å². The predicted molar refractivity (Wildman–Crippen MR) is 74.6 cm³/mol. The zero-order valence-electron chi connectivity index (χ0n) is 12.2. The molecular formula is C16H17F3N2O. The summed E-state index contributed by atoms with van der Waals surface area (Å²) in [4.78, 5) is 14.0. The van der Waals surface area contributed by atoms with Gasteiger partial charge in [-0.3, -0.25) is 4.79 Å². The Morgan fingerprint density at radius 3 is 2.68 bits per heavy atom. The van der Waals surface area contributed by atoms with Crippen molar-refractivity contribution in [3.8, 4) is 0 Å². The Morgan fingerprint density at radius 2 is 2.05 bits per heavy atom. The normalized spacial score (nSPS) is 30.3. The van der Waals surface area contributed by atoms with Crippen molar-refractivity contribution in [2.24, 2.45) is 5.92 Å². The minimum absolute atomic E-state index is 0.127. The van der Waals surface area contributed by atoms with Crippen LogP contribution in [0, 0.1) is 5.92 Å². The van der Waals surface area contributed by atoms with Gasteiger partial charge in [-0.1, -0.05) is 13.0 Å². The number of piperazine rings is 1. The largest absolute Gasteiger partial charge is 0.417 e. The van der Waals surface area contributed by atoms with Crippen LogP contribution in [0.5, 0.6) is 0 Å². The Hall–Kier alpha value is -1.56. The Morgan fingerprint density at radius 1 is 1.32 bits per heavy atom. The molecule has 1 N–H and O–H groups in total. The van der Waals surface area contributed by atoms with E-state index in [0.29, 0.717) is 31.1 Å². The van der Waals surface area contributed by atoms with Crippen LogP contribution in [0.4, 0.5) is 13.2 Å². The van der Waals surface area contributed by atoms with Gasteiger partial charge in [0.05, 0.1) is 17.2 Å². The van der Waals surface area contributed by atoms with Gasteiger partial charge in [0.2, 0.25) is 0 Å². The first-order valence-electron chi connectivity index (χ1n) is 7.64. The Balaban J connectivity index is 1.89. The number of nitrogens with zero attached hydrogens (tertiary/aromatic N) is 1. The molecule has 0 spiro atoms. The van der Waals surface area contributed by atoms with Gasteiger partial charge in [-0.15, -0.1) is 0 Å². The molecule has 3 nitrogen and oxygen atoms in total. The lowest BCUT2D eigenvalue weighted by Gasteiger charge is -2.30. The van der Waals surface area contributed by atoms with E-state index in [4.69, 9.17) is 0 Å². The quantitative estimate of drug-likeness (QED) is 0.865. The van der Waals surface area contributed by atoms with E-state index >= 15 is 0 Å². The van der Waals surface area contributed by atoms with Crippen LogP contribution in [-0.4, -0.2) is 30.4 Å². The van der Waals surface area contributed by atoms with Gasteiger partial charge >= 0.3 is 6.18 Å². The van der Waals surface area contributed by atoms with Gasteiger partial charge in [0.25, 0.3) is 5.91 Å². The van der Waals surface area contributed by atoms with Crippen molar-refractivity contribution in [2.45, 2.75) is 31.5 Å². The number of hydrogen-bond donors (Lipinski definition) is 1. The maximum absolute atomic E-state index is 13.5. The molecule has 0 bridgehead atoms. The van der Waals surface area contributed by atoms with Crippen LogP contribution in [-0.2, 0) is 6.18 Å². The number of carbonyl (C=O) groups excluding carboxylic acids is 1.